The Kier molecular flexibility index (Phi) is 4.58. The number of aliphatic imine (C=N–C) groups is 1. The highest BCUT2D eigenvalue weighted by molar-refractivity contribution is 6.16. The minimum absolute atomic E-state index is 0.189. The molecule has 3 N–H and O–H groups in total. The Hall–Kier alpha value is -3.60. The molecule has 5 nitrogen and oxygen atoms in total. The van der Waals surface area contributed by atoms with E-state index in [0.717, 1.165) is 27.4 Å². The number of fused-ring (bicyclic) bond motifs is 2. The lowest BCUT2D eigenvalue weighted by atomic mass is 10.0. The molecule has 4 aromatic rings. The summed E-state index contributed by atoms with van der Waals surface area (Å²) >= 11 is 0. The third kappa shape index (κ3) is 3.40. The molecule has 0 fully saturated rings. The van der Waals surface area contributed by atoms with E-state index in [9.17, 15) is 4.79 Å². The fourth-order valence-electron chi connectivity index (χ4n) is 3.17. The zero-order chi connectivity index (χ0) is 18.6. The summed E-state index contributed by atoms with van der Waals surface area (Å²) in [5, 5.41) is 9.14. The number of hydrogen-bond acceptors (Lipinski definition) is 2. The molecule has 3 aromatic carbocycles. The lowest BCUT2D eigenvalue weighted by Crippen LogP contribution is -2.36. The van der Waals surface area contributed by atoms with Crippen LogP contribution in [0.1, 0.15) is 17.3 Å². The summed E-state index contributed by atoms with van der Waals surface area (Å²) < 4.78 is 0. The molecule has 0 radical (unpaired) electrons. The number of aromatic amines is 1. The first-order valence-corrected chi connectivity index (χ1v) is 8.93. The average molecular weight is 356 g/mol. The van der Waals surface area contributed by atoms with Gasteiger partial charge in [0.1, 0.15) is 0 Å². The van der Waals surface area contributed by atoms with Crippen LogP contribution in [0.25, 0.3) is 21.7 Å². The van der Waals surface area contributed by atoms with E-state index in [1.807, 2.05) is 79.9 Å². The van der Waals surface area contributed by atoms with E-state index >= 15 is 0 Å². The molecular weight excluding hydrogens is 336 g/mol. The standard InChI is InChI=1S/C22H20N4O/c1-2-23-22(25-20-14-24-19-13-6-5-11-18(19)20)26-21(27)17-12-7-9-15-8-3-4-10-16(15)17/h3-14,24H,2H2,1H3,(H2,23,25,26,27). The van der Waals surface area contributed by atoms with Gasteiger partial charge in [0.15, 0.2) is 0 Å². The van der Waals surface area contributed by atoms with Crippen LogP contribution in [-0.4, -0.2) is 23.4 Å². The van der Waals surface area contributed by atoms with E-state index in [2.05, 4.69) is 20.6 Å². The first-order chi connectivity index (χ1) is 13.3. The summed E-state index contributed by atoms with van der Waals surface area (Å²) in [6, 6.07) is 21.5. The van der Waals surface area contributed by atoms with E-state index in [-0.39, 0.29) is 5.91 Å². The van der Waals surface area contributed by atoms with Crippen LogP contribution in [0.2, 0.25) is 0 Å². The van der Waals surface area contributed by atoms with Crippen molar-refractivity contribution in [2.75, 3.05) is 11.9 Å². The average Bonchev–Trinajstić information content (AvgIpc) is 3.10. The molecule has 134 valence electrons. The highest BCUT2D eigenvalue weighted by atomic mass is 16.1. The Morgan fingerprint density at radius 1 is 0.963 bits per heavy atom. The molecule has 0 spiro atoms. The molecule has 27 heavy (non-hydrogen) atoms. The second kappa shape index (κ2) is 7.33. The van der Waals surface area contributed by atoms with Crippen LogP contribution in [-0.2, 0) is 0 Å². The SMILES string of the molecule is CCN=C(NC(=O)c1cccc2ccccc12)Nc1c[nH]c2ccccc12. The number of carbonyl (C=O) groups excluding carboxylic acids is 1. The summed E-state index contributed by atoms with van der Waals surface area (Å²) in [6.45, 7) is 2.49. The Bertz CT molecular complexity index is 1140. The highest BCUT2D eigenvalue weighted by Gasteiger charge is 2.13. The number of guanidine groups is 1. The van der Waals surface area contributed by atoms with Crippen molar-refractivity contribution in [3.63, 3.8) is 0 Å². The van der Waals surface area contributed by atoms with Crippen molar-refractivity contribution >= 4 is 39.2 Å². The van der Waals surface area contributed by atoms with Crippen LogP contribution in [0.15, 0.2) is 77.9 Å². The van der Waals surface area contributed by atoms with Gasteiger partial charge in [0, 0.05) is 29.2 Å². The maximum absolute atomic E-state index is 12.9. The zero-order valence-electron chi connectivity index (χ0n) is 15.0. The molecule has 0 bridgehead atoms. The Labute approximate surface area is 157 Å². The number of para-hydroxylation sites is 1. The molecule has 4 rings (SSSR count). The molecule has 0 saturated heterocycles. The number of nitrogens with zero attached hydrogens (tertiary/aromatic N) is 1. The van der Waals surface area contributed by atoms with Gasteiger partial charge < -0.3 is 10.3 Å². The molecule has 5 heteroatoms. The Balaban J connectivity index is 1.61. The maximum atomic E-state index is 12.9. The third-order valence-electron chi connectivity index (χ3n) is 4.42. The van der Waals surface area contributed by atoms with E-state index < -0.39 is 0 Å². The third-order valence-corrected chi connectivity index (χ3v) is 4.42. The van der Waals surface area contributed by atoms with E-state index in [1.165, 1.54) is 0 Å². The number of H-pyrrole nitrogens is 1. The quantitative estimate of drug-likeness (QED) is 0.373. The number of aromatic nitrogens is 1. The van der Waals surface area contributed by atoms with Gasteiger partial charge in [0.2, 0.25) is 5.96 Å². The van der Waals surface area contributed by atoms with Gasteiger partial charge in [-0.2, -0.15) is 0 Å². The van der Waals surface area contributed by atoms with Crippen molar-refractivity contribution < 1.29 is 4.79 Å². The largest absolute Gasteiger partial charge is 0.359 e. The molecular formula is C22H20N4O. The van der Waals surface area contributed by atoms with Crippen LogP contribution in [0.3, 0.4) is 0 Å². The summed E-state index contributed by atoms with van der Waals surface area (Å²) in [5.74, 6) is 0.242. The van der Waals surface area contributed by atoms with Crippen LogP contribution < -0.4 is 10.6 Å². The van der Waals surface area contributed by atoms with Crippen molar-refractivity contribution in [3.8, 4) is 0 Å². The van der Waals surface area contributed by atoms with E-state index in [4.69, 9.17) is 0 Å². The number of anilines is 1. The summed E-state index contributed by atoms with van der Waals surface area (Å²) in [4.78, 5) is 20.5. The van der Waals surface area contributed by atoms with Gasteiger partial charge in [0.25, 0.3) is 5.91 Å². The van der Waals surface area contributed by atoms with Crippen molar-refractivity contribution in [1.29, 1.82) is 0 Å². The number of amides is 1. The first-order valence-electron chi connectivity index (χ1n) is 8.93. The number of nitrogens with one attached hydrogen (secondary N) is 3. The predicted molar refractivity (Wildman–Crippen MR) is 111 cm³/mol. The van der Waals surface area contributed by atoms with Gasteiger partial charge in [0.05, 0.1) is 5.69 Å². The Morgan fingerprint density at radius 3 is 2.56 bits per heavy atom. The molecule has 0 aliphatic carbocycles. The summed E-state index contributed by atoms with van der Waals surface area (Å²) in [7, 11) is 0. The van der Waals surface area contributed by atoms with Gasteiger partial charge in [-0.15, -0.1) is 0 Å². The second-order valence-electron chi connectivity index (χ2n) is 6.18. The highest BCUT2D eigenvalue weighted by Crippen LogP contribution is 2.22. The number of rotatable bonds is 3. The Morgan fingerprint density at radius 2 is 1.70 bits per heavy atom. The molecule has 0 aliphatic rings. The zero-order valence-corrected chi connectivity index (χ0v) is 15.0. The molecule has 0 atom stereocenters. The van der Waals surface area contributed by atoms with Crippen LogP contribution in [0, 0.1) is 0 Å². The van der Waals surface area contributed by atoms with Gasteiger partial charge in [-0.25, -0.2) is 0 Å². The number of carbonyl (C=O) groups is 1. The number of benzene rings is 3. The van der Waals surface area contributed by atoms with E-state index in [0.29, 0.717) is 18.1 Å². The van der Waals surface area contributed by atoms with Gasteiger partial charge >= 0.3 is 0 Å². The summed E-state index contributed by atoms with van der Waals surface area (Å²) in [5.41, 5.74) is 2.52. The molecule has 1 aromatic heterocycles. The predicted octanol–water partition coefficient (Wildman–Crippen LogP) is 4.54. The van der Waals surface area contributed by atoms with Crippen molar-refractivity contribution in [3.05, 3.63) is 78.5 Å². The van der Waals surface area contributed by atoms with Crippen LogP contribution >= 0.6 is 0 Å². The van der Waals surface area contributed by atoms with Crippen molar-refractivity contribution in [2.45, 2.75) is 6.92 Å². The normalized spacial score (nSPS) is 11.7. The monoisotopic (exact) mass is 356 g/mol. The molecule has 0 aliphatic heterocycles. The fraction of sp³-hybridized carbons (Fsp3) is 0.0909. The smallest absolute Gasteiger partial charge is 0.258 e. The molecule has 1 heterocycles. The number of hydrogen-bond donors (Lipinski definition) is 3. The molecule has 0 unspecified atom stereocenters. The van der Waals surface area contributed by atoms with Gasteiger partial charge in [-0.1, -0.05) is 54.6 Å². The van der Waals surface area contributed by atoms with Gasteiger partial charge in [-0.05, 0) is 29.8 Å². The van der Waals surface area contributed by atoms with Crippen LogP contribution in [0.4, 0.5) is 5.69 Å². The lowest BCUT2D eigenvalue weighted by molar-refractivity contribution is 0.0978. The van der Waals surface area contributed by atoms with Crippen molar-refractivity contribution in [2.24, 2.45) is 4.99 Å². The van der Waals surface area contributed by atoms with Crippen molar-refractivity contribution in [1.82, 2.24) is 10.3 Å². The summed E-state index contributed by atoms with van der Waals surface area (Å²) in [6.07, 6.45) is 1.87. The fourth-order valence-corrected chi connectivity index (χ4v) is 3.17. The minimum atomic E-state index is -0.189. The lowest BCUT2D eigenvalue weighted by Gasteiger charge is -2.12. The second-order valence-corrected chi connectivity index (χ2v) is 6.18. The molecule has 0 saturated carbocycles. The van der Waals surface area contributed by atoms with Crippen LogP contribution in [0.5, 0.6) is 0 Å². The molecule has 1 amide bonds. The minimum Gasteiger partial charge on any atom is -0.359 e. The van der Waals surface area contributed by atoms with E-state index in [1.54, 1.807) is 0 Å². The topological polar surface area (TPSA) is 69.3 Å². The van der Waals surface area contributed by atoms with Gasteiger partial charge in [-0.3, -0.25) is 15.1 Å². The maximum Gasteiger partial charge on any atom is 0.258 e. The first kappa shape index (κ1) is 16.8.